The van der Waals surface area contributed by atoms with Crippen molar-refractivity contribution in [1.82, 2.24) is 5.48 Å². The average molecular weight is 259 g/mol. The minimum absolute atomic E-state index is 0.103. The van der Waals surface area contributed by atoms with E-state index >= 15 is 0 Å². The molecule has 5 nitrogen and oxygen atoms in total. The minimum Gasteiger partial charge on any atom is -0.491 e. The first-order valence-electron chi connectivity index (χ1n) is 5.62. The minimum atomic E-state index is -0.711. The van der Waals surface area contributed by atoms with Crippen LogP contribution in [-0.4, -0.2) is 44.7 Å². The molecule has 0 saturated heterocycles. The van der Waals surface area contributed by atoms with Crippen molar-refractivity contribution in [2.75, 3.05) is 33.5 Å². The van der Waals surface area contributed by atoms with Crippen LogP contribution in [0.5, 0.6) is 5.75 Å². The van der Waals surface area contributed by atoms with Gasteiger partial charge in [-0.05, 0) is 24.3 Å². The Morgan fingerprint density at radius 2 is 2.00 bits per heavy atom. The lowest BCUT2D eigenvalue weighted by atomic mass is 10.3. The van der Waals surface area contributed by atoms with Gasteiger partial charge in [-0.25, -0.2) is 4.39 Å². The summed E-state index contributed by atoms with van der Waals surface area (Å²) in [6.07, 6.45) is -0.711. The summed E-state index contributed by atoms with van der Waals surface area (Å²) in [5.74, 6) is 0.187. The van der Waals surface area contributed by atoms with Crippen LogP contribution in [-0.2, 0) is 9.57 Å². The van der Waals surface area contributed by atoms with E-state index in [1.165, 1.54) is 24.3 Å². The van der Waals surface area contributed by atoms with Crippen molar-refractivity contribution in [3.8, 4) is 5.75 Å². The summed E-state index contributed by atoms with van der Waals surface area (Å²) in [4.78, 5) is 4.97. The van der Waals surface area contributed by atoms with Gasteiger partial charge >= 0.3 is 0 Å². The Morgan fingerprint density at radius 1 is 1.28 bits per heavy atom. The average Bonchev–Trinajstić information content (AvgIpc) is 2.38. The third kappa shape index (κ3) is 6.51. The maximum absolute atomic E-state index is 12.6. The summed E-state index contributed by atoms with van der Waals surface area (Å²) >= 11 is 0. The maximum atomic E-state index is 12.6. The third-order valence-electron chi connectivity index (χ3n) is 2.07. The predicted molar refractivity (Wildman–Crippen MR) is 63.7 cm³/mol. The molecule has 0 fully saturated rings. The number of ether oxygens (including phenoxy) is 2. The molecule has 6 heteroatoms. The normalized spacial score (nSPS) is 12.4. The van der Waals surface area contributed by atoms with Gasteiger partial charge in [0.25, 0.3) is 0 Å². The zero-order valence-electron chi connectivity index (χ0n) is 10.3. The highest BCUT2D eigenvalue weighted by atomic mass is 19.1. The van der Waals surface area contributed by atoms with Crippen molar-refractivity contribution < 1.29 is 23.8 Å². The quantitative estimate of drug-likeness (QED) is 0.506. The molecule has 0 saturated carbocycles. The highest BCUT2D eigenvalue weighted by molar-refractivity contribution is 5.22. The monoisotopic (exact) mass is 259 g/mol. The van der Waals surface area contributed by atoms with Gasteiger partial charge < -0.3 is 14.6 Å². The Bertz CT molecular complexity index is 320. The molecule has 0 radical (unpaired) electrons. The smallest absolute Gasteiger partial charge is 0.123 e. The third-order valence-corrected chi connectivity index (χ3v) is 2.07. The second-order valence-electron chi connectivity index (χ2n) is 3.61. The molecule has 2 N–H and O–H groups in total. The highest BCUT2D eigenvalue weighted by Crippen LogP contribution is 2.10. The second-order valence-corrected chi connectivity index (χ2v) is 3.61. The van der Waals surface area contributed by atoms with Crippen molar-refractivity contribution in [3.63, 3.8) is 0 Å². The topological polar surface area (TPSA) is 60.0 Å². The molecule has 1 atom stereocenters. The van der Waals surface area contributed by atoms with E-state index in [0.717, 1.165) is 0 Å². The molecule has 1 aromatic carbocycles. The lowest BCUT2D eigenvalue weighted by molar-refractivity contribution is -0.0173. The van der Waals surface area contributed by atoms with E-state index in [-0.39, 0.29) is 19.0 Å². The van der Waals surface area contributed by atoms with Crippen LogP contribution in [0.4, 0.5) is 4.39 Å². The Morgan fingerprint density at radius 3 is 2.67 bits per heavy atom. The number of nitrogens with one attached hydrogen (secondary N) is 1. The SMILES string of the molecule is COCCONCC(O)COc1ccc(F)cc1. The molecule has 0 spiro atoms. The molecule has 18 heavy (non-hydrogen) atoms. The molecule has 0 aromatic heterocycles. The number of halogens is 1. The van der Waals surface area contributed by atoms with Crippen LogP contribution in [0.3, 0.4) is 0 Å². The summed E-state index contributed by atoms with van der Waals surface area (Å²) in [6.45, 7) is 1.23. The predicted octanol–water partition coefficient (Wildman–Crippen LogP) is 0.733. The number of hydrogen-bond acceptors (Lipinski definition) is 5. The van der Waals surface area contributed by atoms with Gasteiger partial charge in [0.05, 0.1) is 19.8 Å². The molecule has 0 aliphatic rings. The fraction of sp³-hybridized carbons (Fsp3) is 0.500. The molecule has 0 aliphatic heterocycles. The first-order chi connectivity index (χ1) is 8.72. The molecule has 0 bridgehead atoms. The lowest BCUT2D eigenvalue weighted by Gasteiger charge is -2.13. The number of aliphatic hydroxyl groups excluding tert-OH is 1. The summed E-state index contributed by atoms with van der Waals surface area (Å²) in [5.41, 5.74) is 2.60. The fourth-order valence-corrected chi connectivity index (χ4v) is 1.13. The highest BCUT2D eigenvalue weighted by Gasteiger charge is 2.05. The standard InChI is InChI=1S/C12H18FNO4/c1-16-6-7-18-14-8-11(15)9-17-12-4-2-10(13)3-5-12/h2-5,11,14-15H,6-9H2,1H3. The van der Waals surface area contributed by atoms with Crippen molar-refractivity contribution in [3.05, 3.63) is 30.1 Å². The molecule has 102 valence electrons. The summed E-state index contributed by atoms with van der Waals surface area (Å²) in [5, 5.41) is 9.55. The van der Waals surface area contributed by atoms with Crippen molar-refractivity contribution in [2.45, 2.75) is 6.10 Å². The van der Waals surface area contributed by atoms with Crippen molar-refractivity contribution in [2.24, 2.45) is 0 Å². The zero-order valence-corrected chi connectivity index (χ0v) is 10.3. The van der Waals surface area contributed by atoms with Crippen LogP contribution in [0.25, 0.3) is 0 Å². The molecule has 0 heterocycles. The second kappa shape index (κ2) is 8.82. The van der Waals surface area contributed by atoms with E-state index in [2.05, 4.69) is 5.48 Å². The van der Waals surface area contributed by atoms with Crippen LogP contribution in [0.2, 0.25) is 0 Å². The fourth-order valence-electron chi connectivity index (χ4n) is 1.13. The van der Waals surface area contributed by atoms with E-state index in [9.17, 15) is 9.50 Å². The van der Waals surface area contributed by atoms with Crippen LogP contribution in [0, 0.1) is 5.82 Å². The number of hydroxylamine groups is 1. The maximum Gasteiger partial charge on any atom is 0.123 e. The summed E-state index contributed by atoms with van der Waals surface area (Å²) in [6, 6.07) is 5.61. The molecular formula is C12H18FNO4. The Balaban J connectivity index is 2.09. The van der Waals surface area contributed by atoms with Gasteiger partial charge in [-0.1, -0.05) is 0 Å². The van der Waals surface area contributed by atoms with Gasteiger partial charge in [0.1, 0.15) is 24.3 Å². The summed E-state index contributed by atoms with van der Waals surface area (Å²) < 4.78 is 22.7. The molecule has 0 aliphatic carbocycles. The van der Waals surface area contributed by atoms with Crippen molar-refractivity contribution >= 4 is 0 Å². The lowest BCUT2D eigenvalue weighted by Crippen LogP contribution is -2.32. The first kappa shape index (κ1) is 14.8. The zero-order chi connectivity index (χ0) is 13.2. The van der Waals surface area contributed by atoms with E-state index in [0.29, 0.717) is 19.0 Å². The number of methoxy groups -OCH3 is 1. The van der Waals surface area contributed by atoms with Gasteiger partial charge in [-0.2, -0.15) is 5.48 Å². The van der Waals surface area contributed by atoms with Gasteiger partial charge in [0.2, 0.25) is 0 Å². The number of rotatable bonds is 9. The Labute approximate surface area is 105 Å². The van der Waals surface area contributed by atoms with Gasteiger partial charge in [-0.3, -0.25) is 4.84 Å². The largest absolute Gasteiger partial charge is 0.491 e. The van der Waals surface area contributed by atoms with Gasteiger partial charge in [-0.15, -0.1) is 0 Å². The van der Waals surface area contributed by atoms with E-state index < -0.39 is 6.10 Å². The van der Waals surface area contributed by atoms with Crippen LogP contribution < -0.4 is 10.2 Å². The number of aliphatic hydroxyl groups is 1. The number of benzene rings is 1. The van der Waals surface area contributed by atoms with Gasteiger partial charge in [0, 0.05) is 7.11 Å². The molecule has 1 rings (SSSR count). The molecule has 1 aromatic rings. The van der Waals surface area contributed by atoms with E-state index in [1.54, 1.807) is 7.11 Å². The number of hydrogen-bond donors (Lipinski definition) is 2. The molecule has 1 unspecified atom stereocenters. The van der Waals surface area contributed by atoms with Crippen LogP contribution in [0.15, 0.2) is 24.3 Å². The Kier molecular flexibility index (Phi) is 7.28. The molecular weight excluding hydrogens is 241 g/mol. The van der Waals surface area contributed by atoms with Crippen LogP contribution >= 0.6 is 0 Å². The molecule has 0 amide bonds. The Hall–Kier alpha value is -1.21. The van der Waals surface area contributed by atoms with Crippen LogP contribution in [0.1, 0.15) is 0 Å². The van der Waals surface area contributed by atoms with E-state index in [1.807, 2.05) is 0 Å². The van der Waals surface area contributed by atoms with E-state index in [4.69, 9.17) is 14.3 Å². The first-order valence-corrected chi connectivity index (χ1v) is 5.62. The van der Waals surface area contributed by atoms with Crippen molar-refractivity contribution in [1.29, 1.82) is 0 Å². The summed E-state index contributed by atoms with van der Waals surface area (Å²) in [7, 11) is 1.58. The van der Waals surface area contributed by atoms with Gasteiger partial charge in [0.15, 0.2) is 0 Å².